The Labute approximate surface area is 203 Å². The first-order chi connectivity index (χ1) is 16.7. The summed E-state index contributed by atoms with van der Waals surface area (Å²) in [5.41, 5.74) is 1.93. The van der Waals surface area contributed by atoms with Crippen molar-refractivity contribution in [1.29, 1.82) is 0 Å². The van der Waals surface area contributed by atoms with E-state index in [0.29, 0.717) is 13.2 Å². The zero-order chi connectivity index (χ0) is 25.3. The average Bonchev–Trinajstić information content (AvgIpc) is 2.89. The van der Waals surface area contributed by atoms with E-state index in [2.05, 4.69) is 13.8 Å². The number of rotatable bonds is 12. The van der Waals surface area contributed by atoms with Crippen molar-refractivity contribution in [2.45, 2.75) is 65.6 Å². The molecule has 0 atom stereocenters. The van der Waals surface area contributed by atoms with Gasteiger partial charge in [0.1, 0.15) is 20.0 Å². The highest BCUT2D eigenvalue weighted by Crippen LogP contribution is 2.03. The Kier molecular flexibility index (Phi) is 20.6. The first-order valence-electron chi connectivity index (χ1n) is 11.6. The number of unbranched alkanes of at least 4 members (excludes halogenated alkanes) is 4. The molecule has 0 fully saturated rings. The molecule has 0 aliphatic carbocycles. The van der Waals surface area contributed by atoms with Crippen LogP contribution in [0, 0.1) is 0 Å². The quantitative estimate of drug-likeness (QED) is 0.245. The van der Waals surface area contributed by atoms with Gasteiger partial charge in [-0.05, 0) is 24.0 Å². The molecule has 0 amide bonds. The fourth-order valence-electron chi connectivity index (χ4n) is 2.53. The van der Waals surface area contributed by atoms with Crippen molar-refractivity contribution in [1.82, 2.24) is 0 Å². The lowest BCUT2D eigenvalue weighted by Gasteiger charge is -2.05. The van der Waals surface area contributed by atoms with Crippen molar-refractivity contribution >= 4 is 19.1 Å². The van der Waals surface area contributed by atoms with Crippen LogP contribution in [-0.2, 0) is 37.0 Å². The lowest BCUT2D eigenvalue weighted by molar-refractivity contribution is -0.0980. The molecule has 188 valence electrons. The van der Waals surface area contributed by atoms with E-state index < -0.39 is 12.3 Å². The number of hydrogen-bond donors (Lipinski definition) is 0. The molecule has 0 aliphatic rings. The monoisotopic (exact) mass is 474 g/mol. The fraction of sp³-hybridized carbons (Fsp3) is 0.444. The standard InChI is InChI=1S/2C13H18O3.CH2O/c2*1-2-3-7-10-15-13(14)16-11-12-8-5-4-6-9-12;1-2/h2*4-6,8-9H,2-3,7,10-11H2,1H3;1H2. The van der Waals surface area contributed by atoms with Gasteiger partial charge in [0.2, 0.25) is 0 Å². The summed E-state index contributed by atoms with van der Waals surface area (Å²) in [6.45, 7) is 7.64. The minimum absolute atomic E-state index is 0.271. The van der Waals surface area contributed by atoms with Gasteiger partial charge in [-0.15, -0.1) is 0 Å². The number of hydrogen-bond acceptors (Lipinski definition) is 7. The summed E-state index contributed by atoms with van der Waals surface area (Å²) in [4.78, 5) is 30.3. The van der Waals surface area contributed by atoms with Crippen LogP contribution in [0.5, 0.6) is 0 Å². The molecule has 0 spiro atoms. The molecule has 34 heavy (non-hydrogen) atoms. The van der Waals surface area contributed by atoms with Crippen molar-refractivity contribution in [2.24, 2.45) is 0 Å². The minimum atomic E-state index is -0.583. The second-order valence-electron chi connectivity index (χ2n) is 7.16. The normalized spacial score (nSPS) is 9.35. The van der Waals surface area contributed by atoms with Crippen LogP contribution in [0.1, 0.15) is 63.5 Å². The molecule has 7 heteroatoms. The summed E-state index contributed by atoms with van der Waals surface area (Å²) in [6, 6.07) is 19.1. The van der Waals surface area contributed by atoms with Gasteiger partial charge in [-0.2, -0.15) is 0 Å². The molecule has 0 radical (unpaired) electrons. The maximum atomic E-state index is 11.1. The van der Waals surface area contributed by atoms with Gasteiger partial charge < -0.3 is 23.7 Å². The lowest BCUT2D eigenvalue weighted by atomic mass is 10.2. The van der Waals surface area contributed by atoms with Crippen molar-refractivity contribution in [3.05, 3.63) is 71.8 Å². The second kappa shape index (κ2) is 22.8. The van der Waals surface area contributed by atoms with E-state index in [1.54, 1.807) is 0 Å². The minimum Gasteiger partial charge on any atom is -0.434 e. The van der Waals surface area contributed by atoms with Crippen molar-refractivity contribution in [3.8, 4) is 0 Å². The van der Waals surface area contributed by atoms with Gasteiger partial charge in [0.25, 0.3) is 0 Å². The largest absolute Gasteiger partial charge is 0.508 e. The summed E-state index contributed by atoms with van der Waals surface area (Å²) in [5, 5.41) is 0. The highest BCUT2D eigenvalue weighted by molar-refractivity contribution is 5.60. The zero-order valence-corrected chi connectivity index (χ0v) is 20.4. The van der Waals surface area contributed by atoms with Crippen LogP contribution in [0.25, 0.3) is 0 Å². The Balaban J connectivity index is 0.000000597. The third kappa shape index (κ3) is 18.2. The van der Waals surface area contributed by atoms with Crippen LogP contribution < -0.4 is 0 Å². The van der Waals surface area contributed by atoms with E-state index in [1.165, 1.54) is 0 Å². The van der Waals surface area contributed by atoms with Gasteiger partial charge in [-0.1, -0.05) is 100 Å². The van der Waals surface area contributed by atoms with E-state index in [4.69, 9.17) is 23.7 Å². The van der Waals surface area contributed by atoms with Crippen LogP contribution >= 0.6 is 0 Å². The van der Waals surface area contributed by atoms with Crippen LogP contribution in [0.2, 0.25) is 0 Å². The second-order valence-corrected chi connectivity index (χ2v) is 7.16. The smallest absolute Gasteiger partial charge is 0.434 e. The molecule has 7 nitrogen and oxygen atoms in total. The molecule has 0 saturated carbocycles. The van der Waals surface area contributed by atoms with Gasteiger partial charge in [-0.3, -0.25) is 0 Å². The molecular weight excluding hydrogens is 436 g/mol. The van der Waals surface area contributed by atoms with Crippen LogP contribution in [0.3, 0.4) is 0 Å². The molecular formula is C27H38O7. The van der Waals surface area contributed by atoms with Gasteiger partial charge in [0.05, 0.1) is 13.2 Å². The van der Waals surface area contributed by atoms with E-state index in [-0.39, 0.29) is 13.2 Å². The number of benzene rings is 2. The van der Waals surface area contributed by atoms with E-state index in [1.807, 2.05) is 67.5 Å². The Morgan fingerprint density at radius 3 is 1.26 bits per heavy atom. The number of carbonyl (C=O) groups is 3. The van der Waals surface area contributed by atoms with Crippen molar-refractivity contribution in [3.63, 3.8) is 0 Å². The molecule has 0 saturated heterocycles. The third-order valence-electron chi connectivity index (χ3n) is 4.33. The molecule has 0 aliphatic heterocycles. The molecule has 0 N–H and O–H groups in total. The Bertz CT molecular complexity index is 672. The lowest BCUT2D eigenvalue weighted by Crippen LogP contribution is -2.08. The maximum Gasteiger partial charge on any atom is 0.508 e. The topological polar surface area (TPSA) is 88.1 Å². The summed E-state index contributed by atoms with van der Waals surface area (Å²) >= 11 is 0. The van der Waals surface area contributed by atoms with E-state index >= 15 is 0 Å². The van der Waals surface area contributed by atoms with E-state index in [0.717, 1.165) is 49.7 Å². The van der Waals surface area contributed by atoms with Crippen LogP contribution in [0.15, 0.2) is 60.7 Å². The Hall–Kier alpha value is -3.35. The van der Waals surface area contributed by atoms with Gasteiger partial charge in [-0.25, -0.2) is 9.59 Å². The highest BCUT2D eigenvalue weighted by atomic mass is 16.7. The van der Waals surface area contributed by atoms with Crippen molar-refractivity contribution in [2.75, 3.05) is 13.2 Å². The summed E-state index contributed by atoms with van der Waals surface area (Å²) < 4.78 is 19.7. The predicted octanol–water partition coefficient (Wildman–Crippen LogP) is 6.88. The SMILES string of the molecule is C=O.CCCCCOC(=O)OCc1ccccc1.CCCCCOC(=O)OCc1ccccc1. The third-order valence-corrected chi connectivity index (χ3v) is 4.33. The molecule has 2 aromatic carbocycles. The molecule has 0 aromatic heterocycles. The number of ether oxygens (including phenoxy) is 4. The van der Waals surface area contributed by atoms with Crippen LogP contribution in [0.4, 0.5) is 9.59 Å². The number of carbonyl (C=O) groups excluding carboxylic acids is 3. The Morgan fingerprint density at radius 2 is 0.941 bits per heavy atom. The average molecular weight is 475 g/mol. The summed E-state index contributed by atoms with van der Waals surface area (Å²) in [7, 11) is 0. The first-order valence-corrected chi connectivity index (χ1v) is 11.6. The van der Waals surface area contributed by atoms with E-state index in [9.17, 15) is 9.59 Å². The van der Waals surface area contributed by atoms with Gasteiger partial charge in [0.15, 0.2) is 0 Å². The maximum absolute atomic E-state index is 11.1. The van der Waals surface area contributed by atoms with Crippen molar-refractivity contribution < 1.29 is 33.3 Å². The fourth-order valence-corrected chi connectivity index (χ4v) is 2.53. The summed E-state index contributed by atoms with van der Waals surface area (Å²) in [5.74, 6) is 0. The summed E-state index contributed by atoms with van der Waals surface area (Å²) in [6.07, 6.45) is 5.01. The first kappa shape index (κ1) is 30.7. The molecule has 2 rings (SSSR count). The highest BCUT2D eigenvalue weighted by Gasteiger charge is 2.04. The zero-order valence-electron chi connectivity index (χ0n) is 20.4. The molecule has 2 aromatic rings. The Morgan fingerprint density at radius 1 is 0.588 bits per heavy atom. The molecule has 0 bridgehead atoms. The van der Waals surface area contributed by atoms with Gasteiger partial charge >= 0.3 is 12.3 Å². The predicted molar refractivity (Wildman–Crippen MR) is 131 cm³/mol. The van der Waals surface area contributed by atoms with Crippen LogP contribution in [-0.4, -0.2) is 32.3 Å². The molecule has 0 unspecified atom stereocenters. The molecule has 0 heterocycles. The van der Waals surface area contributed by atoms with Gasteiger partial charge in [0, 0.05) is 0 Å².